The second-order valence-electron chi connectivity index (χ2n) is 5.02. The maximum atomic E-state index is 5.18. The predicted octanol–water partition coefficient (Wildman–Crippen LogP) is 4.33. The standard InChI is InChI=1S/C14H16N4O2S3/c1-7-11(9(3)19-17-7)5-21-13-15-16-14(23-13)22-6-12-8(2)18-20-10(12)4/h5-6H2,1-4H3. The molecule has 0 N–H and O–H groups in total. The van der Waals surface area contributed by atoms with Gasteiger partial charge in [0.15, 0.2) is 8.68 Å². The van der Waals surface area contributed by atoms with E-state index < -0.39 is 0 Å². The zero-order valence-corrected chi connectivity index (χ0v) is 15.7. The fourth-order valence-electron chi connectivity index (χ4n) is 2.00. The Morgan fingerprint density at radius 2 is 1.22 bits per heavy atom. The van der Waals surface area contributed by atoms with E-state index in [1.807, 2.05) is 27.7 Å². The Bertz CT molecular complexity index is 705. The molecule has 0 saturated heterocycles. The number of aromatic nitrogens is 4. The Balaban J connectivity index is 1.58. The van der Waals surface area contributed by atoms with Crippen LogP contribution in [0.25, 0.3) is 0 Å². The van der Waals surface area contributed by atoms with Crippen molar-refractivity contribution in [3.63, 3.8) is 0 Å². The lowest BCUT2D eigenvalue weighted by Crippen LogP contribution is -1.84. The molecule has 0 saturated carbocycles. The van der Waals surface area contributed by atoms with Gasteiger partial charge in [-0.3, -0.25) is 0 Å². The van der Waals surface area contributed by atoms with Crippen LogP contribution in [0, 0.1) is 27.7 Å². The van der Waals surface area contributed by atoms with Crippen LogP contribution in [0.5, 0.6) is 0 Å². The van der Waals surface area contributed by atoms with Gasteiger partial charge in [-0.1, -0.05) is 45.2 Å². The van der Waals surface area contributed by atoms with Crippen LogP contribution in [0.15, 0.2) is 17.7 Å². The summed E-state index contributed by atoms with van der Waals surface area (Å²) in [4.78, 5) is 0. The van der Waals surface area contributed by atoms with E-state index in [0.717, 1.165) is 54.2 Å². The summed E-state index contributed by atoms with van der Waals surface area (Å²) < 4.78 is 12.3. The summed E-state index contributed by atoms with van der Waals surface area (Å²) in [5.41, 5.74) is 4.14. The highest BCUT2D eigenvalue weighted by Crippen LogP contribution is 2.34. The summed E-state index contributed by atoms with van der Waals surface area (Å²) in [7, 11) is 0. The molecule has 6 nitrogen and oxygen atoms in total. The van der Waals surface area contributed by atoms with Gasteiger partial charge in [0.05, 0.1) is 11.4 Å². The lowest BCUT2D eigenvalue weighted by molar-refractivity contribution is 0.392. The first kappa shape index (κ1) is 16.5. The van der Waals surface area contributed by atoms with Crippen molar-refractivity contribution in [2.24, 2.45) is 0 Å². The quantitative estimate of drug-likeness (QED) is 0.595. The summed E-state index contributed by atoms with van der Waals surface area (Å²) >= 11 is 4.92. The van der Waals surface area contributed by atoms with Crippen molar-refractivity contribution in [3.8, 4) is 0 Å². The van der Waals surface area contributed by atoms with Gasteiger partial charge >= 0.3 is 0 Å². The molecule has 9 heteroatoms. The molecule has 0 aromatic carbocycles. The summed E-state index contributed by atoms with van der Waals surface area (Å²) in [5.74, 6) is 3.33. The molecule has 0 atom stereocenters. The molecule has 0 aliphatic rings. The topological polar surface area (TPSA) is 77.8 Å². The molecule has 0 unspecified atom stereocenters. The summed E-state index contributed by atoms with van der Waals surface area (Å²) in [6.45, 7) is 7.77. The summed E-state index contributed by atoms with van der Waals surface area (Å²) in [6.07, 6.45) is 0. The first-order valence-electron chi connectivity index (χ1n) is 6.97. The van der Waals surface area contributed by atoms with Crippen LogP contribution >= 0.6 is 34.9 Å². The second-order valence-corrected chi connectivity index (χ2v) is 8.44. The number of hydrogen-bond acceptors (Lipinski definition) is 9. The van der Waals surface area contributed by atoms with Gasteiger partial charge in [-0.25, -0.2) is 0 Å². The summed E-state index contributed by atoms with van der Waals surface area (Å²) in [5, 5.41) is 16.4. The van der Waals surface area contributed by atoms with Crippen LogP contribution in [0.2, 0.25) is 0 Å². The minimum atomic E-state index is 0.796. The molecule has 0 amide bonds. The van der Waals surface area contributed by atoms with Gasteiger partial charge in [0.25, 0.3) is 0 Å². The number of hydrogen-bond donors (Lipinski definition) is 0. The van der Waals surface area contributed by atoms with Gasteiger partial charge in [0.2, 0.25) is 0 Å². The van der Waals surface area contributed by atoms with Gasteiger partial charge in [-0.15, -0.1) is 10.2 Å². The molecule has 0 aliphatic heterocycles. The SMILES string of the molecule is Cc1noc(C)c1CSc1nnc(SCc2c(C)noc2C)s1. The van der Waals surface area contributed by atoms with E-state index in [1.165, 1.54) is 0 Å². The van der Waals surface area contributed by atoms with Crippen molar-refractivity contribution in [2.45, 2.75) is 47.9 Å². The van der Waals surface area contributed by atoms with Crippen LogP contribution in [-0.4, -0.2) is 20.5 Å². The van der Waals surface area contributed by atoms with Crippen LogP contribution in [-0.2, 0) is 11.5 Å². The van der Waals surface area contributed by atoms with Crippen LogP contribution in [0.4, 0.5) is 0 Å². The average Bonchev–Trinajstić information content (AvgIpc) is 3.18. The smallest absolute Gasteiger partial charge is 0.175 e. The Labute approximate surface area is 146 Å². The Hall–Kier alpha value is -1.32. The zero-order chi connectivity index (χ0) is 16.4. The van der Waals surface area contributed by atoms with E-state index in [1.54, 1.807) is 34.9 Å². The molecule has 3 aromatic rings. The fourth-order valence-corrected chi connectivity index (χ4v) is 5.32. The molecule has 3 rings (SSSR count). The molecular formula is C14H16N4O2S3. The minimum Gasteiger partial charge on any atom is -0.361 e. The van der Waals surface area contributed by atoms with E-state index in [2.05, 4.69) is 20.5 Å². The largest absolute Gasteiger partial charge is 0.361 e. The number of aryl methyl sites for hydroxylation is 4. The molecule has 0 bridgehead atoms. The molecule has 0 spiro atoms. The maximum absolute atomic E-state index is 5.18. The fraction of sp³-hybridized carbons (Fsp3) is 0.429. The van der Waals surface area contributed by atoms with Gasteiger partial charge in [-0.05, 0) is 27.7 Å². The highest BCUT2D eigenvalue weighted by atomic mass is 32.2. The number of nitrogens with zero attached hydrogens (tertiary/aromatic N) is 4. The first-order valence-corrected chi connectivity index (χ1v) is 9.76. The van der Waals surface area contributed by atoms with E-state index in [0.29, 0.717) is 0 Å². The highest BCUT2D eigenvalue weighted by Gasteiger charge is 2.14. The Morgan fingerprint density at radius 1 is 0.783 bits per heavy atom. The van der Waals surface area contributed by atoms with E-state index in [9.17, 15) is 0 Å². The van der Waals surface area contributed by atoms with Crippen molar-refractivity contribution >= 4 is 34.9 Å². The summed E-state index contributed by atoms with van der Waals surface area (Å²) in [6, 6.07) is 0. The third-order valence-electron chi connectivity index (χ3n) is 3.43. The predicted molar refractivity (Wildman–Crippen MR) is 91.0 cm³/mol. The molecule has 0 radical (unpaired) electrons. The molecule has 0 aliphatic carbocycles. The van der Waals surface area contributed by atoms with E-state index >= 15 is 0 Å². The Kier molecular flexibility index (Phi) is 5.08. The van der Waals surface area contributed by atoms with Crippen molar-refractivity contribution < 1.29 is 9.05 Å². The number of rotatable bonds is 6. The maximum Gasteiger partial charge on any atom is 0.175 e. The monoisotopic (exact) mass is 368 g/mol. The molecule has 0 fully saturated rings. The van der Waals surface area contributed by atoms with Crippen molar-refractivity contribution in [1.29, 1.82) is 0 Å². The van der Waals surface area contributed by atoms with Crippen molar-refractivity contribution in [1.82, 2.24) is 20.5 Å². The van der Waals surface area contributed by atoms with Crippen molar-refractivity contribution in [3.05, 3.63) is 34.0 Å². The van der Waals surface area contributed by atoms with E-state index in [-0.39, 0.29) is 0 Å². The molecule has 3 aromatic heterocycles. The van der Waals surface area contributed by atoms with Crippen molar-refractivity contribution in [2.75, 3.05) is 0 Å². The van der Waals surface area contributed by atoms with Gasteiger partial charge in [0, 0.05) is 22.6 Å². The molecule has 122 valence electrons. The second kappa shape index (κ2) is 7.06. The molecule has 3 heterocycles. The van der Waals surface area contributed by atoms with Gasteiger partial charge in [0.1, 0.15) is 11.5 Å². The highest BCUT2D eigenvalue weighted by molar-refractivity contribution is 8.02. The van der Waals surface area contributed by atoms with Crippen LogP contribution in [0.1, 0.15) is 34.0 Å². The number of thioether (sulfide) groups is 2. The molecular weight excluding hydrogens is 352 g/mol. The average molecular weight is 369 g/mol. The van der Waals surface area contributed by atoms with Gasteiger partial charge < -0.3 is 9.05 Å². The zero-order valence-electron chi connectivity index (χ0n) is 13.2. The lowest BCUT2D eigenvalue weighted by atomic mass is 10.2. The van der Waals surface area contributed by atoms with Crippen LogP contribution < -0.4 is 0 Å². The normalized spacial score (nSPS) is 11.3. The van der Waals surface area contributed by atoms with E-state index in [4.69, 9.17) is 9.05 Å². The van der Waals surface area contributed by atoms with Crippen LogP contribution in [0.3, 0.4) is 0 Å². The third-order valence-corrected chi connectivity index (χ3v) is 6.67. The van der Waals surface area contributed by atoms with Gasteiger partial charge in [-0.2, -0.15) is 0 Å². The first-order chi connectivity index (χ1) is 11.0. The Morgan fingerprint density at radius 3 is 1.57 bits per heavy atom. The lowest BCUT2D eigenvalue weighted by Gasteiger charge is -1.97. The molecule has 23 heavy (non-hydrogen) atoms. The minimum absolute atomic E-state index is 0.796. The third kappa shape index (κ3) is 3.78.